The van der Waals surface area contributed by atoms with E-state index in [-0.39, 0.29) is 6.10 Å². The fourth-order valence-electron chi connectivity index (χ4n) is 2.28. The number of anilines is 1. The molecule has 1 fully saturated rings. The van der Waals surface area contributed by atoms with E-state index in [1.165, 1.54) is 0 Å². The molecule has 5 heteroatoms. The van der Waals surface area contributed by atoms with Crippen LogP contribution in [-0.4, -0.2) is 41.2 Å². The van der Waals surface area contributed by atoms with Gasteiger partial charge in [-0.3, -0.25) is 0 Å². The molecule has 1 aromatic heterocycles. The molecule has 0 amide bonds. The average Bonchev–Trinajstić information content (AvgIpc) is 2.27. The molecule has 1 aliphatic heterocycles. The largest absolute Gasteiger partial charge is 0.475 e. The highest BCUT2D eigenvalue weighted by Gasteiger charge is 2.23. The number of ether oxygens (including phenoxy) is 1. The van der Waals surface area contributed by atoms with Gasteiger partial charge in [-0.25, -0.2) is 4.98 Å². The lowest BCUT2D eigenvalue weighted by Gasteiger charge is -2.36. The van der Waals surface area contributed by atoms with Gasteiger partial charge in [-0.2, -0.15) is 4.98 Å². The summed E-state index contributed by atoms with van der Waals surface area (Å²) in [6.45, 7) is 10.2. The topological polar surface area (TPSA) is 50.3 Å². The van der Waals surface area contributed by atoms with Gasteiger partial charge in [-0.1, -0.05) is 0 Å². The van der Waals surface area contributed by atoms with Crippen LogP contribution in [0.1, 0.15) is 27.7 Å². The van der Waals surface area contributed by atoms with E-state index in [0.717, 1.165) is 19.0 Å². The molecule has 1 N–H and O–H groups in total. The Morgan fingerprint density at radius 1 is 1.33 bits per heavy atom. The second-order valence-electron chi connectivity index (χ2n) is 5.24. The van der Waals surface area contributed by atoms with Crippen molar-refractivity contribution in [2.75, 3.05) is 18.0 Å². The van der Waals surface area contributed by atoms with Gasteiger partial charge in [0.15, 0.2) is 0 Å². The molecule has 1 aromatic rings. The van der Waals surface area contributed by atoms with E-state index in [1.807, 2.05) is 13.8 Å². The van der Waals surface area contributed by atoms with E-state index < -0.39 is 0 Å². The highest BCUT2D eigenvalue weighted by molar-refractivity contribution is 5.33. The third-order valence-electron chi connectivity index (χ3n) is 2.81. The van der Waals surface area contributed by atoms with Crippen molar-refractivity contribution in [2.45, 2.75) is 45.9 Å². The zero-order valence-electron chi connectivity index (χ0n) is 11.6. The maximum absolute atomic E-state index is 5.61. The molecule has 2 atom stereocenters. The number of aromatic nitrogens is 2. The predicted molar refractivity (Wildman–Crippen MR) is 72.1 cm³/mol. The van der Waals surface area contributed by atoms with E-state index in [9.17, 15) is 0 Å². The van der Waals surface area contributed by atoms with Gasteiger partial charge in [0.2, 0.25) is 11.8 Å². The Morgan fingerprint density at radius 2 is 2.00 bits per heavy atom. The summed E-state index contributed by atoms with van der Waals surface area (Å²) in [4.78, 5) is 11.0. The summed E-state index contributed by atoms with van der Waals surface area (Å²) in [5.41, 5.74) is 0. The number of hydrogen-bond acceptors (Lipinski definition) is 5. The van der Waals surface area contributed by atoms with Gasteiger partial charge in [-0.05, 0) is 27.7 Å². The first-order valence-corrected chi connectivity index (χ1v) is 6.55. The Kier molecular flexibility index (Phi) is 4.01. The molecule has 100 valence electrons. The first-order chi connectivity index (χ1) is 8.54. The first-order valence-electron chi connectivity index (χ1n) is 6.55. The standard InChI is InChI=1S/C13H22N4O/c1-9(2)18-12-5-6-14-13(16-12)17-7-10(3)15-11(4)8-17/h5-6,9-11,15H,7-8H2,1-4H3. The van der Waals surface area contributed by atoms with Crippen LogP contribution in [0.25, 0.3) is 0 Å². The molecule has 5 nitrogen and oxygen atoms in total. The molecule has 2 unspecified atom stereocenters. The van der Waals surface area contributed by atoms with Crippen LogP contribution in [0.15, 0.2) is 12.3 Å². The molecule has 0 bridgehead atoms. The van der Waals surface area contributed by atoms with Crippen molar-refractivity contribution in [1.82, 2.24) is 15.3 Å². The minimum absolute atomic E-state index is 0.133. The van der Waals surface area contributed by atoms with E-state index in [4.69, 9.17) is 4.74 Å². The number of hydrogen-bond donors (Lipinski definition) is 1. The van der Waals surface area contributed by atoms with Crippen LogP contribution in [0.3, 0.4) is 0 Å². The lowest BCUT2D eigenvalue weighted by atomic mass is 10.1. The molecule has 0 spiro atoms. The van der Waals surface area contributed by atoms with Gasteiger partial charge < -0.3 is 15.0 Å². The lowest BCUT2D eigenvalue weighted by molar-refractivity contribution is 0.232. The van der Waals surface area contributed by atoms with Crippen LogP contribution in [0.4, 0.5) is 5.95 Å². The van der Waals surface area contributed by atoms with Crippen LogP contribution in [0.5, 0.6) is 5.88 Å². The number of rotatable bonds is 3. The maximum Gasteiger partial charge on any atom is 0.228 e. The van der Waals surface area contributed by atoms with Gasteiger partial charge >= 0.3 is 0 Å². The Morgan fingerprint density at radius 3 is 2.61 bits per heavy atom. The van der Waals surface area contributed by atoms with Gasteiger partial charge in [-0.15, -0.1) is 0 Å². The van der Waals surface area contributed by atoms with E-state index in [0.29, 0.717) is 18.0 Å². The molecule has 1 saturated heterocycles. The minimum atomic E-state index is 0.133. The molecule has 18 heavy (non-hydrogen) atoms. The summed E-state index contributed by atoms with van der Waals surface area (Å²) in [6, 6.07) is 2.71. The highest BCUT2D eigenvalue weighted by atomic mass is 16.5. The second kappa shape index (κ2) is 5.52. The number of nitrogens with one attached hydrogen (secondary N) is 1. The lowest BCUT2D eigenvalue weighted by Crippen LogP contribution is -2.54. The van der Waals surface area contributed by atoms with Gasteiger partial charge in [0.05, 0.1) is 6.10 Å². The van der Waals surface area contributed by atoms with E-state index >= 15 is 0 Å². The van der Waals surface area contributed by atoms with Gasteiger partial charge in [0.25, 0.3) is 0 Å². The average molecular weight is 250 g/mol. The van der Waals surface area contributed by atoms with Crippen LogP contribution >= 0.6 is 0 Å². The number of nitrogens with zero attached hydrogens (tertiary/aromatic N) is 3. The molecule has 0 aliphatic carbocycles. The molecule has 0 aromatic carbocycles. The highest BCUT2D eigenvalue weighted by Crippen LogP contribution is 2.16. The van der Waals surface area contributed by atoms with Crippen molar-refractivity contribution in [3.63, 3.8) is 0 Å². The van der Waals surface area contributed by atoms with Gasteiger partial charge in [0.1, 0.15) is 0 Å². The molecule has 2 heterocycles. The van der Waals surface area contributed by atoms with Crippen LogP contribution < -0.4 is 15.0 Å². The van der Waals surface area contributed by atoms with Crippen molar-refractivity contribution in [3.05, 3.63) is 12.3 Å². The van der Waals surface area contributed by atoms with Gasteiger partial charge in [0, 0.05) is 37.4 Å². The number of piperazine rings is 1. The fourth-order valence-corrected chi connectivity index (χ4v) is 2.28. The van der Waals surface area contributed by atoms with Crippen molar-refractivity contribution < 1.29 is 4.74 Å². The van der Waals surface area contributed by atoms with Crippen molar-refractivity contribution >= 4 is 5.95 Å². The summed E-state index contributed by atoms with van der Waals surface area (Å²) >= 11 is 0. The summed E-state index contributed by atoms with van der Waals surface area (Å²) in [7, 11) is 0. The Labute approximate surface area is 109 Å². The molecule has 1 aliphatic rings. The van der Waals surface area contributed by atoms with Crippen molar-refractivity contribution in [2.24, 2.45) is 0 Å². The zero-order chi connectivity index (χ0) is 13.1. The first kappa shape index (κ1) is 13.1. The summed E-state index contributed by atoms with van der Waals surface area (Å²) in [6.07, 6.45) is 1.89. The quantitative estimate of drug-likeness (QED) is 0.880. The molecule has 2 rings (SSSR count). The SMILES string of the molecule is CC1CN(c2nccc(OC(C)C)n2)CC(C)N1. The molecular weight excluding hydrogens is 228 g/mol. The minimum Gasteiger partial charge on any atom is -0.475 e. The second-order valence-corrected chi connectivity index (χ2v) is 5.24. The third-order valence-corrected chi connectivity index (χ3v) is 2.81. The smallest absolute Gasteiger partial charge is 0.228 e. The van der Waals surface area contributed by atoms with Crippen molar-refractivity contribution in [3.8, 4) is 5.88 Å². The van der Waals surface area contributed by atoms with E-state index in [1.54, 1.807) is 12.3 Å². The molecular formula is C13H22N4O. The normalized spacial score (nSPS) is 24.4. The van der Waals surface area contributed by atoms with Crippen LogP contribution in [-0.2, 0) is 0 Å². The third kappa shape index (κ3) is 3.32. The summed E-state index contributed by atoms with van der Waals surface area (Å²) in [5, 5.41) is 3.50. The van der Waals surface area contributed by atoms with Crippen LogP contribution in [0, 0.1) is 0 Å². The van der Waals surface area contributed by atoms with Crippen LogP contribution in [0.2, 0.25) is 0 Å². The molecule has 0 saturated carbocycles. The molecule has 0 radical (unpaired) electrons. The van der Waals surface area contributed by atoms with E-state index in [2.05, 4.69) is 34.0 Å². The summed E-state index contributed by atoms with van der Waals surface area (Å²) < 4.78 is 5.61. The summed E-state index contributed by atoms with van der Waals surface area (Å²) in [5.74, 6) is 1.40. The maximum atomic E-state index is 5.61. The van der Waals surface area contributed by atoms with Crippen molar-refractivity contribution in [1.29, 1.82) is 0 Å². The Balaban J connectivity index is 2.12. The zero-order valence-corrected chi connectivity index (χ0v) is 11.6. The fraction of sp³-hybridized carbons (Fsp3) is 0.692. The Bertz CT molecular complexity index is 386. The Hall–Kier alpha value is -1.36. The predicted octanol–water partition coefficient (Wildman–Crippen LogP) is 1.45. The monoisotopic (exact) mass is 250 g/mol.